The minimum Gasteiger partial charge on any atom is -0.379 e. The van der Waals surface area contributed by atoms with Crippen molar-refractivity contribution in [3.63, 3.8) is 0 Å². The van der Waals surface area contributed by atoms with Gasteiger partial charge in [0, 0.05) is 10.6 Å². The first-order chi connectivity index (χ1) is 18.8. The molecular formula is C29H21ClN2O6S. The van der Waals surface area contributed by atoms with E-state index in [-0.39, 0.29) is 10.6 Å². The van der Waals surface area contributed by atoms with E-state index in [1.54, 1.807) is 78.9 Å². The molecule has 10 heteroatoms. The molecule has 196 valence electrons. The van der Waals surface area contributed by atoms with E-state index in [1.807, 2.05) is 6.07 Å². The Bertz CT molecular complexity index is 1670. The lowest BCUT2D eigenvalue weighted by Crippen LogP contribution is -2.37. The molecule has 39 heavy (non-hydrogen) atoms. The molecule has 0 N–H and O–H groups in total. The zero-order valence-electron chi connectivity index (χ0n) is 20.3. The number of rotatable bonds is 6. The standard InChI is InChI=1S/C29H21ClN2O6S/c30-19-10-9-13-21(18-19)31-28(33)25-26(32(37-27(25)29(31)34)20-11-3-1-4-12-20)23-16-7-8-17-24(23)38-39(35,36)22-14-5-2-6-15-22/h1-18,25-27H/t25-,26-,27+/m0/s1. The second-order valence-electron chi connectivity index (χ2n) is 9.04. The third-order valence-electron chi connectivity index (χ3n) is 6.66. The van der Waals surface area contributed by atoms with Crippen LogP contribution in [0.4, 0.5) is 11.4 Å². The number of fused-ring (bicyclic) bond motifs is 1. The van der Waals surface area contributed by atoms with Gasteiger partial charge >= 0.3 is 10.1 Å². The monoisotopic (exact) mass is 560 g/mol. The second-order valence-corrected chi connectivity index (χ2v) is 11.0. The van der Waals surface area contributed by atoms with E-state index in [0.29, 0.717) is 22.0 Å². The number of amides is 2. The van der Waals surface area contributed by atoms with Crippen molar-refractivity contribution in [2.75, 3.05) is 9.96 Å². The van der Waals surface area contributed by atoms with E-state index in [4.69, 9.17) is 20.6 Å². The summed E-state index contributed by atoms with van der Waals surface area (Å²) in [5, 5.41) is 1.86. The number of hydrogen-bond acceptors (Lipinski definition) is 7. The fourth-order valence-corrected chi connectivity index (χ4v) is 6.11. The van der Waals surface area contributed by atoms with Gasteiger partial charge in [0.15, 0.2) is 6.10 Å². The third kappa shape index (κ3) is 4.44. The Kier molecular flexibility index (Phi) is 6.34. The number of benzene rings is 4. The van der Waals surface area contributed by atoms with Crippen LogP contribution in [0.15, 0.2) is 114 Å². The first-order valence-corrected chi connectivity index (χ1v) is 13.9. The Morgan fingerprint density at radius 1 is 0.744 bits per heavy atom. The zero-order chi connectivity index (χ0) is 27.1. The van der Waals surface area contributed by atoms with Crippen molar-refractivity contribution in [2.24, 2.45) is 5.92 Å². The van der Waals surface area contributed by atoms with Crippen LogP contribution in [-0.2, 0) is 24.5 Å². The topological polar surface area (TPSA) is 93.2 Å². The third-order valence-corrected chi connectivity index (χ3v) is 8.15. The van der Waals surface area contributed by atoms with Gasteiger partial charge < -0.3 is 4.18 Å². The van der Waals surface area contributed by atoms with Crippen molar-refractivity contribution < 1.29 is 27.0 Å². The highest BCUT2D eigenvalue weighted by Crippen LogP contribution is 2.49. The van der Waals surface area contributed by atoms with Crippen molar-refractivity contribution in [1.29, 1.82) is 0 Å². The molecule has 2 aliphatic heterocycles. The van der Waals surface area contributed by atoms with Gasteiger partial charge in [-0.1, -0.05) is 72.3 Å². The lowest BCUT2D eigenvalue weighted by atomic mass is 9.90. The predicted octanol–water partition coefficient (Wildman–Crippen LogP) is 5.16. The highest BCUT2D eigenvalue weighted by Gasteiger charge is 2.60. The molecule has 0 aliphatic carbocycles. The van der Waals surface area contributed by atoms with E-state index in [9.17, 15) is 18.0 Å². The SMILES string of the molecule is O=C1[C@@H]2[C@@H](ON(c3ccccc3)[C@H]2c2ccccc2OS(=O)(=O)c2ccccc2)C(=O)N1c1cccc(Cl)c1. The summed E-state index contributed by atoms with van der Waals surface area (Å²) in [7, 11) is -4.19. The molecular weight excluding hydrogens is 540 g/mol. The second kappa shape index (κ2) is 9.85. The minimum atomic E-state index is -4.19. The van der Waals surface area contributed by atoms with Gasteiger partial charge in [0.05, 0.1) is 17.4 Å². The van der Waals surface area contributed by atoms with Crippen molar-refractivity contribution in [3.8, 4) is 5.75 Å². The van der Waals surface area contributed by atoms with Gasteiger partial charge in [0.2, 0.25) is 5.91 Å². The summed E-state index contributed by atoms with van der Waals surface area (Å²) < 4.78 is 31.9. The molecule has 2 saturated heterocycles. The van der Waals surface area contributed by atoms with Gasteiger partial charge in [-0.3, -0.25) is 14.4 Å². The van der Waals surface area contributed by atoms with Gasteiger partial charge in [-0.2, -0.15) is 8.42 Å². The Morgan fingerprint density at radius 2 is 1.38 bits per heavy atom. The van der Waals surface area contributed by atoms with Crippen LogP contribution in [0.3, 0.4) is 0 Å². The molecule has 0 bridgehead atoms. The molecule has 2 fully saturated rings. The van der Waals surface area contributed by atoms with Crippen LogP contribution >= 0.6 is 11.6 Å². The maximum Gasteiger partial charge on any atom is 0.339 e. The Hall–Kier alpha value is -4.18. The van der Waals surface area contributed by atoms with Crippen LogP contribution in [0.1, 0.15) is 11.6 Å². The molecule has 0 unspecified atom stereocenters. The van der Waals surface area contributed by atoms with E-state index in [0.717, 1.165) is 4.90 Å². The predicted molar refractivity (Wildman–Crippen MR) is 145 cm³/mol. The largest absolute Gasteiger partial charge is 0.379 e. The van der Waals surface area contributed by atoms with Gasteiger partial charge in [-0.05, 0) is 48.5 Å². The molecule has 8 nitrogen and oxygen atoms in total. The van der Waals surface area contributed by atoms with E-state index < -0.39 is 40.0 Å². The van der Waals surface area contributed by atoms with E-state index >= 15 is 0 Å². The highest BCUT2D eigenvalue weighted by atomic mass is 35.5. The van der Waals surface area contributed by atoms with Crippen LogP contribution in [0.25, 0.3) is 0 Å². The number of hydrogen-bond donors (Lipinski definition) is 0. The molecule has 0 radical (unpaired) electrons. The lowest BCUT2D eigenvalue weighted by Gasteiger charge is -2.29. The number of para-hydroxylation sites is 2. The average molecular weight is 561 g/mol. The van der Waals surface area contributed by atoms with Crippen LogP contribution < -0.4 is 14.1 Å². The number of imide groups is 1. The van der Waals surface area contributed by atoms with Gasteiger partial charge in [0.25, 0.3) is 5.91 Å². The van der Waals surface area contributed by atoms with E-state index in [1.165, 1.54) is 29.3 Å². The molecule has 2 heterocycles. The summed E-state index contributed by atoms with van der Waals surface area (Å²) in [5.41, 5.74) is 1.30. The maximum absolute atomic E-state index is 13.9. The van der Waals surface area contributed by atoms with Crippen molar-refractivity contribution >= 4 is 44.9 Å². The summed E-state index contributed by atoms with van der Waals surface area (Å²) in [5.74, 6) is -1.98. The van der Waals surface area contributed by atoms with Crippen LogP contribution in [-0.4, -0.2) is 26.3 Å². The molecule has 4 aromatic rings. The fourth-order valence-electron chi connectivity index (χ4n) is 4.95. The molecule has 0 aromatic heterocycles. The minimum absolute atomic E-state index is 0.0143. The van der Waals surface area contributed by atoms with Gasteiger partial charge in [-0.25, -0.2) is 9.96 Å². The lowest BCUT2D eigenvalue weighted by molar-refractivity contribution is -0.126. The Morgan fingerprint density at radius 3 is 2.10 bits per heavy atom. The highest BCUT2D eigenvalue weighted by molar-refractivity contribution is 7.87. The van der Waals surface area contributed by atoms with Gasteiger partial charge in [-0.15, -0.1) is 0 Å². The normalized spacial score (nSPS) is 20.8. The number of carbonyl (C=O) groups excluding carboxylic acids is 2. The van der Waals surface area contributed by atoms with Crippen molar-refractivity contribution in [2.45, 2.75) is 17.0 Å². The summed E-state index contributed by atoms with van der Waals surface area (Å²) in [6, 6.07) is 28.9. The number of anilines is 2. The zero-order valence-corrected chi connectivity index (χ0v) is 21.8. The summed E-state index contributed by atoms with van der Waals surface area (Å²) in [6.45, 7) is 0. The van der Waals surface area contributed by atoms with Crippen LogP contribution in [0.2, 0.25) is 5.02 Å². The smallest absolute Gasteiger partial charge is 0.339 e. The summed E-state index contributed by atoms with van der Waals surface area (Å²) in [4.78, 5) is 34.6. The van der Waals surface area contributed by atoms with E-state index in [2.05, 4.69) is 0 Å². The molecule has 4 aromatic carbocycles. The van der Waals surface area contributed by atoms with Crippen molar-refractivity contribution in [3.05, 3.63) is 120 Å². The van der Waals surface area contributed by atoms with Gasteiger partial charge in [0.1, 0.15) is 16.6 Å². The fraction of sp³-hybridized carbons (Fsp3) is 0.103. The Balaban J connectivity index is 1.45. The van der Waals surface area contributed by atoms with Crippen molar-refractivity contribution in [1.82, 2.24) is 0 Å². The number of hydroxylamine groups is 1. The quantitative estimate of drug-likeness (QED) is 0.237. The summed E-state index contributed by atoms with van der Waals surface area (Å²) in [6.07, 6.45) is -1.14. The first-order valence-electron chi connectivity index (χ1n) is 12.1. The summed E-state index contributed by atoms with van der Waals surface area (Å²) >= 11 is 6.14. The number of carbonyl (C=O) groups is 2. The van der Waals surface area contributed by atoms with Crippen LogP contribution in [0, 0.1) is 5.92 Å². The molecule has 0 saturated carbocycles. The number of nitrogens with zero attached hydrogens (tertiary/aromatic N) is 2. The molecule has 2 amide bonds. The Labute approximate surface area is 230 Å². The average Bonchev–Trinajstić information content (AvgIpc) is 3.45. The maximum atomic E-state index is 13.9. The molecule has 6 rings (SSSR count). The number of halogens is 1. The molecule has 3 atom stereocenters. The molecule has 0 spiro atoms. The molecule has 2 aliphatic rings. The van der Waals surface area contributed by atoms with Crippen LogP contribution in [0.5, 0.6) is 5.75 Å². The first kappa shape index (κ1) is 25.1.